The molecule has 0 radical (unpaired) electrons. The Morgan fingerprint density at radius 1 is 1.37 bits per heavy atom. The zero-order valence-electron chi connectivity index (χ0n) is 10.7. The molecule has 2 fully saturated rings. The maximum atomic E-state index is 11.2. The van der Waals surface area contributed by atoms with Crippen LogP contribution in [0, 0.1) is 0 Å². The monoisotopic (exact) mass is 263 g/mol. The van der Waals surface area contributed by atoms with Gasteiger partial charge in [0, 0.05) is 18.6 Å². The van der Waals surface area contributed by atoms with E-state index < -0.39 is 5.97 Å². The highest BCUT2D eigenvalue weighted by Crippen LogP contribution is 2.41. The van der Waals surface area contributed by atoms with Crippen LogP contribution >= 0.6 is 0 Å². The molecule has 1 saturated carbocycles. The van der Waals surface area contributed by atoms with Crippen molar-refractivity contribution in [1.82, 2.24) is 4.98 Å². The van der Waals surface area contributed by atoms with Crippen molar-refractivity contribution in [2.24, 2.45) is 0 Å². The Balaban J connectivity index is 1.78. The summed E-state index contributed by atoms with van der Waals surface area (Å²) < 4.78 is 11.1. The molecule has 0 amide bonds. The number of ether oxygens (including phenoxy) is 2. The lowest BCUT2D eigenvalue weighted by Crippen LogP contribution is -2.28. The minimum atomic E-state index is -0.915. The minimum absolute atomic E-state index is 0.0315. The second-order valence-electron chi connectivity index (χ2n) is 5.12. The summed E-state index contributed by atoms with van der Waals surface area (Å²) in [5, 5.41) is 9.15. The SMILES string of the molecule is O=C(O)c1ccc(OC2CCCOC2)nc1C1CC1. The van der Waals surface area contributed by atoms with Crippen LogP contribution in [0.4, 0.5) is 0 Å². The normalized spacial score (nSPS) is 23.1. The molecule has 0 aromatic carbocycles. The lowest BCUT2D eigenvalue weighted by Gasteiger charge is -2.23. The molecule has 1 unspecified atom stereocenters. The molecule has 5 nitrogen and oxygen atoms in total. The van der Waals surface area contributed by atoms with E-state index in [1.54, 1.807) is 12.1 Å². The molecule has 1 atom stereocenters. The van der Waals surface area contributed by atoms with E-state index in [0.717, 1.165) is 32.3 Å². The van der Waals surface area contributed by atoms with Crippen LogP contribution in [0.3, 0.4) is 0 Å². The fraction of sp³-hybridized carbons (Fsp3) is 0.571. The van der Waals surface area contributed by atoms with Gasteiger partial charge in [0.25, 0.3) is 0 Å². The molecule has 3 rings (SSSR count). The third kappa shape index (κ3) is 2.87. The van der Waals surface area contributed by atoms with Crippen molar-refractivity contribution >= 4 is 5.97 Å². The van der Waals surface area contributed by atoms with Crippen molar-refractivity contribution in [3.63, 3.8) is 0 Å². The molecular weight excluding hydrogens is 246 g/mol. The number of carbonyl (C=O) groups is 1. The van der Waals surface area contributed by atoms with Gasteiger partial charge in [-0.3, -0.25) is 0 Å². The fourth-order valence-corrected chi connectivity index (χ4v) is 2.35. The van der Waals surface area contributed by atoms with E-state index in [2.05, 4.69) is 4.98 Å². The zero-order valence-corrected chi connectivity index (χ0v) is 10.7. The van der Waals surface area contributed by atoms with Gasteiger partial charge in [-0.1, -0.05) is 0 Å². The largest absolute Gasteiger partial charge is 0.478 e. The van der Waals surface area contributed by atoms with Gasteiger partial charge in [-0.2, -0.15) is 0 Å². The predicted octanol–water partition coefficient (Wildman–Crippen LogP) is 2.21. The molecule has 1 N–H and O–H groups in total. The second kappa shape index (κ2) is 5.17. The predicted molar refractivity (Wildman–Crippen MR) is 67.6 cm³/mol. The van der Waals surface area contributed by atoms with Crippen molar-refractivity contribution in [1.29, 1.82) is 0 Å². The molecule has 1 aliphatic heterocycles. The molecule has 5 heteroatoms. The Morgan fingerprint density at radius 3 is 2.84 bits per heavy atom. The molecular formula is C14H17NO4. The number of nitrogens with zero attached hydrogens (tertiary/aromatic N) is 1. The van der Waals surface area contributed by atoms with Gasteiger partial charge in [-0.25, -0.2) is 9.78 Å². The molecule has 2 heterocycles. The van der Waals surface area contributed by atoms with Crippen LogP contribution in [-0.4, -0.2) is 35.4 Å². The van der Waals surface area contributed by atoms with Crippen LogP contribution in [0.1, 0.15) is 47.7 Å². The topological polar surface area (TPSA) is 68.7 Å². The zero-order chi connectivity index (χ0) is 13.2. The van der Waals surface area contributed by atoms with Crippen molar-refractivity contribution in [2.45, 2.75) is 37.7 Å². The lowest BCUT2D eigenvalue weighted by molar-refractivity contribution is 0.00540. The first-order chi connectivity index (χ1) is 9.24. The van der Waals surface area contributed by atoms with E-state index in [1.165, 1.54) is 0 Å². The number of pyridine rings is 1. The van der Waals surface area contributed by atoms with Crippen LogP contribution in [0.25, 0.3) is 0 Å². The number of hydrogen-bond donors (Lipinski definition) is 1. The molecule has 1 saturated heterocycles. The maximum Gasteiger partial charge on any atom is 0.337 e. The molecule has 19 heavy (non-hydrogen) atoms. The minimum Gasteiger partial charge on any atom is -0.478 e. The van der Waals surface area contributed by atoms with E-state index in [0.29, 0.717) is 23.7 Å². The number of hydrogen-bond acceptors (Lipinski definition) is 4. The standard InChI is InChI=1S/C14H17NO4/c16-14(17)11-5-6-12(15-13(11)9-3-4-9)19-10-2-1-7-18-8-10/h5-6,9-10H,1-4,7-8H2,(H,16,17). The molecule has 0 spiro atoms. The van der Waals surface area contributed by atoms with Gasteiger partial charge in [-0.15, -0.1) is 0 Å². The Labute approximate surface area is 111 Å². The fourth-order valence-electron chi connectivity index (χ4n) is 2.35. The van der Waals surface area contributed by atoms with Gasteiger partial charge in [0.05, 0.1) is 17.9 Å². The summed E-state index contributed by atoms with van der Waals surface area (Å²) in [4.78, 5) is 15.5. The van der Waals surface area contributed by atoms with Crippen molar-refractivity contribution in [3.05, 3.63) is 23.4 Å². The van der Waals surface area contributed by atoms with E-state index >= 15 is 0 Å². The van der Waals surface area contributed by atoms with Crippen LogP contribution < -0.4 is 4.74 Å². The third-order valence-corrected chi connectivity index (χ3v) is 3.50. The van der Waals surface area contributed by atoms with Gasteiger partial charge >= 0.3 is 5.97 Å². The Morgan fingerprint density at radius 2 is 2.21 bits per heavy atom. The summed E-state index contributed by atoms with van der Waals surface area (Å²) in [6.45, 7) is 1.37. The quantitative estimate of drug-likeness (QED) is 0.902. The summed E-state index contributed by atoms with van der Waals surface area (Å²) in [7, 11) is 0. The summed E-state index contributed by atoms with van der Waals surface area (Å²) in [6, 6.07) is 3.24. The number of aromatic carboxylic acids is 1. The number of carboxylic acid groups (broad SMARTS) is 1. The van der Waals surface area contributed by atoms with E-state index in [-0.39, 0.29) is 12.0 Å². The van der Waals surface area contributed by atoms with Crippen LogP contribution in [0.2, 0.25) is 0 Å². The van der Waals surface area contributed by atoms with Crippen LogP contribution in [0.15, 0.2) is 12.1 Å². The van der Waals surface area contributed by atoms with Gasteiger partial charge in [0.2, 0.25) is 5.88 Å². The first-order valence-electron chi connectivity index (χ1n) is 6.72. The number of aromatic nitrogens is 1. The maximum absolute atomic E-state index is 11.2. The molecule has 0 bridgehead atoms. The van der Waals surface area contributed by atoms with Crippen molar-refractivity contribution < 1.29 is 19.4 Å². The van der Waals surface area contributed by atoms with Gasteiger partial charge in [0.15, 0.2) is 0 Å². The van der Waals surface area contributed by atoms with Gasteiger partial charge in [0.1, 0.15) is 6.10 Å². The summed E-state index contributed by atoms with van der Waals surface area (Å²) in [5.41, 5.74) is 0.969. The van der Waals surface area contributed by atoms with Gasteiger partial charge < -0.3 is 14.6 Å². The molecule has 102 valence electrons. The Bertz CT molecular complexity index is 478. The average Bonchev–Trinajstić information content (AvgIpc) is 3.24. The van der Waals surface area contributed by atoms with Crippen molar-refractivity contribution in [3.8, 4) is 5.88 Å². The first-order valence-corrected chi connectivity index (χ1v) is 6.72. The van der Waals surface area contributed by atoms with E-state index in [1.807, 2.05) is 0 Å². The highest BCUT2D eigenvalue weighted by atomic mass is 16.5. The van der Waals surface area contributed by atoms with Crippen LogP contribution in [-0.2, 0) is 4.74 Å². The Kier molecular flexibility index (Phi) is 3.38. The number of carboxylic acids is 1. The van der Waals surface area contributed by atoms with Crippen LogP contribution in [0.5, 0.6) is 5.88 Å². The molecule has 1 aromatic rings. The van der Waals surface area contributed by atoms with E-state index in [4.69, 9.17) is 14.6 Å². The number of rotatable bonds is 4. The molecule has 2 aliphatic rings. The third-order valence-electron chi connectivity index (χ3n) is 3.50. The highest BCUT2D eigenvalue weighted by molar-refractivity contribution is 5.89. The molecule has 1 aromatic heterocycles. The first kappa shape index (κ1) is 12.4. The van der Waals surface area contributed by atoms with E-state index in [9.17, 15) is 4.79 Å². The van der Waals surface area contributed by atoms with Gasteiger partial charge in [-0.05, 0) is 31.7 Å². The lowest BCUT2D eigenvalue weighted by atomic mass is 10.1. The highest BCUT2D eigenvalue weighted by Gasteiger charge is 2.30. The smallest absolute Gasteiger partial charge is 0.337 e. The summed E-state index contributed by atoms with van der Waals surface area (Å²) in [6.07, 6.45) is 4.02. The Hall–Kier alpha value is -1.62. The summed E-state index contributed by atoms with van der Waals surface area (Å²) in [5.74, 6) is -0.110. The average molecular weight is 263 g/mol. The second-order valence-corrected chi connectivity index (χ2v) is 5.12. The van der Waals surface area contributed by atoms with Crippen molar-refractivity contribution in [2.75, 3.05) is 13.2 Å². The summed E-state index contributed by atoms with van der Waals surface area (Å²) >= 11 is 0. The molecule has 1 aliphatic carbocycles.